The first-order chi connectivity index (χ1) is 12.0. The van der Waals surface area contributed by atoms with Gasteiger partial charge in [-0.3, -0.25) is 0 Å². The molecule has 0 saturated carbocycles. The van der Waals surface area contributed by atoms with Crippen LogP contribution in [0.4, 0.5) is 0 Å². The van der Waals surface area contributed by atoms with E-state index in [-0.39, 0.29) is 12.2 Å². The monoisotopic (exact) mass is 365 g/mol. The second-order valence-corrected chi connectivity index (χ2v) is 8.25. The van der Waals surface area contributed by atoms with E-state index in [1.54, 1.807) is 6.20 Å². The van der Waals surface area contributed by atoms with Crippen LogP contribution in [0, 0.1) is 0 Å². The summed E-state index contributed by atoms with van der Waals surface area (Å²) in [7, 11) is -0.606. The van der Waals surface area contributed by atoms with E-state index in [0.717, 1.165) is 22.7 Å². The van der Waals surface area contributed by atoms with Gasteiger partial charge in [-0.05, 0) is 18.4 Å². The minimum absolute atomic E-state index is 0.0425. The van der Waals surface area contributed by atoms with Crippen molar-refractivity contribution in [1.29, 1.82) is 0 Å². The van der Waals surface area contributed by atoms with Crippen molar-refractivity contribution in [3.05, 3.63) is 54.1 Å². The molecule has 1 aliphatic rings. The lowest BCUT2D eigenvalue weighted by atomic mass is 10.1. The number of benzene rings is 1. The van der Waals surface area contributed by atoms with Crippen LogP contribution in [-0.2, 0) is 26.3 Å². The number of aromatic nitrogens is 2. The smallest absolute Gasteiger partial charge is 0.308 e. The van der Waals surface area contributed by atoms with Gasteiger partial charge in [-0.25, -0.2) is 8.96 Å². The number of imidazole rings is 1. The number of hydrogen-bond donors (Lipinski definition) is 0. The molecule has 2 heterocycles. The zero-order valence-electron chi connectivity index (χ0n) is 14.4. The Kier molecular flexibility index (Phi) is 5.53. The molecule has 2 atom stereocenters. The van der Waals surface area contributed by atoms with Crippen molar-refractivity contribution in [1.82, 2.24) is 13.3 Å². The van der Waals surface area contributed by atoms with Crippen LogP contribution in [0.25, 0.3) is 0 Å². The van der Waals surface area contributed by atoms with Gasteiger partial charge >= 0.3 is 10.2 Å². The summed E-state index contributed by atoms with van der Waals surface area (Å²) in [5, 5.41) is 0. The molecule has 7 nitrogen and oxygen atoms in total. The van der Waals surface area contributed by atoms with Gasteiger partial charge in [0, 0.05) is 14.1 Å². The van der Waals surface area contributed by atoms with Gasteiger partial charge in [-0.15, -0.1) is 0 Å². The lowest BCUT2D eigenvalue weighted by Gasteiger charge is -2.18. The van der Waals surface area contributed by atoms with E-state index >= 15 is 0 Å². The predicted molar refractivity (Wildman–Crippen MR) is 93.2 cm³/mol. The zero-order valence-corrected chi connectivity index (χ0v) is 15.2. The topological polar surface area (TPSA) is 73.7 Å². The second-order valence-electron chi connectivity index (χ2n) is 6.23. The average molecular weight is 365 g/mol. The maximum atomic E-state index is 12.3. The van der Waals surface area contributed by atoms with Crippen molar-refractivity contribution in [3.63, 3.8) is 0 Å². The molecule has 1 saturated heterocycles. The molecular formula is C17H23N3O4S. The van der Waals surface area contributed by atoms with Gasteiger partial charge < -0.3 is 9.47 Å². The molecule has 0 unspecified atom stereocenters. The average Bonchev–Trinajstić information content (AvgIpc) is 3.24. The number of nitrogens with zero attached hydrogens (tertiary/aromatic N) is 3. The van der Waals surface area contributed by atoms with Crippen LogP contribution in [-0.4, -0.2) is 48.5 Å². The minimum atomic E-state index is -3.60. The summed E-state index contributed by atoms with van der Waals surface area (Å²) in [6, 6.07) is 9.96. The molecule has 2 aromatic rings. The molecule has 136 valence electrons. The van der Waals surface area contributed by atoms with Crippen LogP contribution >= 0.6 is 0 Å². The molecule has 0 amide bonds. The molecule has 1 aromatic heterocycles. The number of ether oxygens (including phenoxy) is 2. The van der Waals surface area contributed by atoms with E-state index < -0.39 is 10.2 Å². The Morgan fingerprint density at radius 3 is 2.76 bits per heavy atom. The molecule has 1 aliphatic heterocycles. The first kappa shape index (κ1) is 18.1. The Labute approximate surface area is 148 Å². The van der Waals surface area contributed by atoms with E-state index in [1.807, 2.05) is 30.3 Å². The Morgan fingerprint density at radius 1 is 1.28 bits per heavy atom. The van der Waals surface area contributed by atoms with Gasteiger partial charge in [0.05, 0.1) is 31.2 Å². The summed E-state index contributed by atoms with van der Waals surface area (Å²) in [4.78, 5) is 3.99. The summed E-state index contributed by atoms with van der Waals surface area (Å²) in [6.45, 7) is 1.03. The summed E-state index contributed by atoms with van der Waals surface area (Å²) in [5.74, 6) is 0. The molecule has 1 fully saturated rings. The molecule has 0 spiro atoms. The first-order valence-electron chi connectivity index (χ1n) is 8.21. The molecule has 8 heteroatoms. The molecule has 3 rings (SSSR count). The number of hydrogen-bond acceptors (Lipinski definition) is 5. The molecule has 1 aromatic carbocycles. The van der Waals surface area contributed by atoms with Gasteiger partial charge in [-0.2, -0.15) is 12.7 Å². The maximum absolute atomic E-state index is 12.3. The lowest BCUT2D eigenvalue weighted by Crippen LogP contribution is -2.30. The fourth-order valence-corrected chi connectivity index (χ4v) is 3.77. The standard InChI is InChI=1S/C17H23N3O4S/c1-19(2)25(21,22)20-13-18-10-16(20)17-9-8-15(24-17)12-23-11-14-6-4-3-5-7-14/h3-7,10,13,15,17H,8-9,11-12H2,1-2H3/t15-,17+/m0/s1. The predicted octanol–water partition coefficient (Wildman–Crippen LogP) is 1.97. The third kappa shape index (κ3) is 4.09. The molecule has 0 N–H and O–H groups in total. The van der Waals surface area contributed by atoms with Crippen molar-refractivity contribution in [2.75, 3.05) is 20.7 Å². The van der Waals surface area contributed by atoms with E-state index in [1.165, 1.54) is 24.4 Å². The van der Waals surface area contributed by atoms with Gasteiger partial charge in [0.25, 0.3) is 0 Å². The number of rotatable bonds is 7. The summed E-state index contributed by atoms with van der Waals surface area (Å²) < 4.78 is 38.8. The third-order valence-electron chi connectivity index (χ3n) is 4.20. The highest BCUT2D eigenvalue weighted by Gasteiger charge is 2.32. The summed E-state index contributed by atoms with van der Waals surface area (Å²) >= 11 is 0. The quantitative estimate of drug-likeness (QED) is 0.750. The van der Waals surface area contributed by atoms with Crippen LogP contribution in [0.3, 0.4) is 0 Å². The van der Waals surface area contributed by atoms with Crippen molar-refractivity contribution in [2.24, 2.45) is 0 Å². The molecule has 25 heavy (non-hydrogen) atoms. The van der Waals surface area contributed by atoms with Crippen LogP contribution in [0.1, 0.15) is 30.2 Å². The zero-order chi connectivity index (χ0) is 17.9. The fourth-order valence-electron chi connectivity index (χ4n) is 2.82. The first-order valence-corrected chi connectivity index (χ1v) is 9.60. The highest BCUT2D eigenvalue weighted by atomic mass is 32.2. The van der Waals surface area contributed by atoms with Gasteiger partial charge in [0.2, 0.25) is 0 Å². The summed E-state index contributed by atoms with van der Waals surface area (Å²) in [5.41, 5.74) is 1.67. The maximum Gasteiger partial charge on any atom is 0.308 e. The van der Waals surface area contributed by atoms with Gasteiger partial charge in [0.15, 0.2) is 0 Å². The van der Waals surface area contributed by atoms with E-state index in [9.17, 15) is 8.42 Å². The molecule has 0 aliphatic carbocycles. The van der Waals surface area contributed by atoms with Crippen molar-refractivity contribution in [3.8, 4) is 0 Å². The van der Waals surface area contributed by atoms with Crippen molar-refractivity contribution < 1.29 is 17.9 Å². The molecule has 0 bridgehead atoms. The van der Waals surface area contributed by atoms with Crippen LogP contribution < -0.4 is 0 Å². The Hall–Kier alpha value is -1.74. The highest BCUT2D eigenvalue weighted by molar-refractivity contribution is 7.87. The van der Waals surface area contributed by atoms with Crippen LogP contribution in [0.15, 0.2) is 42.9 Å². The SMILES string of the molecule is CN(C)S(=O)(=O)n1cncc1[C@H]1CC[C@@H](COCc2ccccc2)O1. The highest BCUT2D eigenvalue weighted by Crippen LogP contribution is 2.33. The summed E-state index contributed by atoms with van der Waals surface area (Å²) in [6.07, 6.45) is 4.11. The van der Waals surface area contributed by atoms with E-state index in [4.69, 9.17) is 9.47 Å². The van der Waals surface area contributed by atoms with E-state index in [0.29, 0.717) is 18.9 Å². The Balaban J connectivity index is 1.58. The minimum Gasteiger partial charge on any atom is -0.374 e. The fraction of sp³-hybridized carbons (Fsp3) is 0.471. The molecule has 0 radical (unpaired) electrons. The van der Waals surface area contributed by atoms with Crippen LogP contribution in [0.2, 0.25) is 0 Å². The molecular weight excluding hydrogens is 342 g/mol. The van der Waals surface area contributed by atoms with Gasteiger partial charge in [-0.1, -0.05) is 30.3 Å². The largest absolute Gasteiger partial charge is 0.374 e. The Bertz CT molecular complexity index is 789. The van der Waals surface area contributed by atoms with Crippen molar-refractivity contribution >= 4 is 10.2 Å². The Morgan fingerprint density at radius 2 is 2.04 bits per heavy atom. The van der Waals surface area contributed by atoms with Crippen LogP contribution in [0.5, 0.6) is 0 Å². The normalized spacial score (nSPS) is 21.1. The lowest BCUT2D eigenvalue weighted by molar-refractivity contribution is -0.0219. The third-order valence-corrected chi connectivity index (χ3v) is 5.92. The van der Waals surface area contributed by atoms with Gasteiger partial charge in [0.1, 0.15) is 12.4 Å². The second kappa shape index (κ2) is 7.65. The van der Waals surface area contributed by atoms with E-state index in [2.05, 4.69) is 4.98 Å². The van der Waals surface area contributed by atoms with Crippen molar-refractivity contribution in [2.45, 2.75) is 31.7 Å².